The van der Waals surface area contributed by atoms with Gasteiger partial charge in [0.05, 0.1) is 12.6 Å². The van der Waals surface area contributed by atoms with Gasteiger partial charge in [0.15, 0.2) is 0 Å². The van der Waals surface area contributed by atoms with Gasteiger partial charge in [0.2, 0.25) is 0 Å². The molecule has 3 aromatic rings. The van der Waals surface area contributed by atoms with Crippen molar-refractivity contribution >= 4 is 23.4 Å². The van der Waals surface area contributed by atoms with E-state index >= 15 is 0 Å². The summed E-state index contributed by atoms with van der Waals surface area (Å²) in [7, 11) is 3.88. The Morgan fingerprint density at radius 3 is 2.42 bits per heavy atom. The van der Waals surface area contributed by atoms with E-state index in [0.717, 1.165) is 38.6 Å². The Bertz CT molecular complexity index is 1110. The molecule has 0 bridgehead atoms. The van der Waals surface area contributed by atoms with E-state index in [2.05, 4.69) is 22.3 Å². The largest absolute Gasteiger partial charge is 0.507 e. The normalized spacial score (nSPS) is 17.1. The van der Waals surface area contributed by atoms with Gasteiger partial charge in [-0.3, -0.25) is 4.79 Å². The zero-order valence-corrected chi connectivity index (χ0v) is 20.1. The van der Waals surface area contributed by atoms with Gasteiger partial charge in [-0.1, -0.05) is 48.5 Å². The average molecular weight is 463 g/mol. The van der Waals surface area contributed by atoms with Crippen LogP contribution in [-0.4, -0.2) is 43.6 Å². The Morgan fingerprint density at radius 1 is 1.12 bits per heavy atom. The Balaban J connectivity index is 1.81. The summed E-state index contributed by atoms with van der Waals surface area (Å²) >= 11 is 1.73. The molecule has 3 aromatic carbocycles. The minimum atomic E-state index is -0.472. The van der Waals surface area contributed by atoms with Gasteiger partial charge in [0.1, 0.15) is 11.7 Å². The standard InChI is InChI=1S/C27H30N2O3S/c1-4-32-27(31)25-23(17-33-19-13-9-6-10-14-19)29(3)22-15-20(18-11-7-5-8-12-18)26(30)21(16-28-2)24(22)25/h5-15,23,25,28,30H,4,16-17H2,1-3H3. The highest BCUT2D eigenvalue weighted by molar-refractivity contribution is 7.99. The molecule has 0 saturated carbocycles. The van der Waals surface area contributed by atoms with Gasteiger partial charge in [-0.25, -0.2) is 0 Å². The highest BCUT2D eigenvalue weighted by atomic mass is 32.2. The number of ether oxygens (including phenoxy) is 1. The number of esters is 1. The molecule has 5 nitrogen and oxygen atoms in total. The van der Waals surface area contributed by atoms with Gasteiger partial charge in [0.25, 0.3) is 0 Å². The Labute approximate surface area is 199 Å². The summed E-state index contributed by atoms with van der Waals surface area (Å²) < 4.78 is 5.52. The van der Waals surface area contributed by atoms with Crippen molar-refractivity contribution < 1.29 is 14.6 Å². The molecule has 33 heavy (non-hydrogen) atoms. The van der Waals surface area contributed by atoms with E-state index in [1.807, 2.05) is 75.6 Å². The molecule has 0 spiro atoms. The van der Waals surface area contributed by atoms with E-state index in [-0.39, 0.29) is 17.8 Å². The minimum Gasteiger partial charge on any atom is -0.507 e. The second kappa shape index (κ2) is 10.3. The number of likely N-dealkylation sites (N-methyl/N-ethyl adjacent to an activating group) is 1. The molecular weight excluding hydrogens is 432 g/mol. The molecule has 2 N–H and O–H groups in total. The molecule has 1 heterocycles. The Kier molecular flexibility index (Phi) is 7.26. The average Bonchev–Trinajstić information content (AvgIpc) is 3.12. The van der Waals surface area contributed by atoms with Gasteiger partial charge >= 0.3 is 5.97 Å². The number of carbonyl (C=O) groups excluding carboxylic acids is 1. The fraction of sp³-hybridized carbons (Fsp3) is 0.296. The smallest absolute Gasteiger partial charge is 0.315 e. The molecule has 172 valence electrons. The van der Waals surface area contributed by atoms with Gasteiger partial charge in [-0.15, -0.1) is 11.8 Å². The Morgan fingerprint density at radius 2 is 1.79 bits per heavy atom. The van der Waals surface area contributed by atoms with Crippen LogP contribution in [0.5, 0.6) is 5.75 Å². The lowest BCUT2D eigenvalue weighted by Gasteiger charge is -2.26. The third-order valence-electron chi connectivity index (χ3n) is 6.14. The lowest BCUT2D eigenvalue weighted by atomic mass is 9.88. The number of carbonyl (C=O) groups is 1. The second-order valence-electron chi connectivity index (χ2n) is 8.11. The van der Waals surface area contributed by atoms with Crippen molar-refractivity contribution in [2.45, 2.75) is 30.3 Å². The quantitative estimate of drug-likeness (QED) is 0.361. The lowest BCUT2D eigenvalue weighted by Crippen LogP contribution is -2.37. The zero-order valence-electron chi connectivity index (χ0n) is 19.2. The van der Waals surface area contributed by atoms with Crippen molar-refractivity contribution in [3.8, 4) is 16.9 Å². The third-order valence-corrected chi connectivity index (χ3v) is 7.25. The number of hydrogen-bond acceptors (Lipinski definition) is 6. The van der Waals surface area contributed by atoms with Crippen molar-refractivity contribution in [3.05, 3.63) is 77.9 Å². The third kappa shape index (κ3) is 4.59. The molecular formula is C27H30N2O3S. The maximum atomic E-state index is 13.2. The van der Waals surface area contributed by atoms with Crippen LogP contribution in [0.2, 0.25) is 0 Å². The summed E-state index contributed by atoms with van der Waals surface area (Å²) in [5.74, 6) is 0.221. The topological polar surface area (TPSA) is 61.8 Å². The van der Waals surface area contributed by atoms with Crippen LogP contribution >= 0.6 is 11.8 Å². The number of aromatic hydroxyl groups is 1. The molecule has 4 rings (SSSR count). The number of nitrogens with zero attached hydrogens (tertiary/aromatic N) is 1. The number of fused-ring (bicyclic) bond motifs is 1. The summed E-state index contributed by atoms with van der Waals surface area (Å²) in [6, 6.07) is 22.0. The van der Waals surface area contributed by atoms with Crippen LogP contribution in [0, 0.1) is 0 Å². The first-order valence-corrected chi connectivity index (χ1v) is 12.2. The first-order chi connectivity index (χ1) is 16.1. The van der Waals surface area contributed by atoms with Crippen molar-refractivity contribution in [3.63, 3.8) is 0 Å². The highest BCUT2D eigenvalue weighted by Gasteiger charge is 2.44. The maximum absolute atomic E-state index is 13.2. The van der Waals surface area contributed by atoms with Gasteiger partial charge < -0.3 is 20.1 Å². The van der Waals surface area contributed by atoms with Gasteiger partial charge in [-0.2, -0.15) is 0 Å². The molecule has 1 aliphatic heterocycles. The number of phenols is 1. The maximum Gasteiger partial charge on any atom is 0.315 e. The molecule has 0 saturated heterocycles. The summed E-state index contributed by atoms with van der Waals surface area (Å²) in [6.07, 6.45) is 0. The first-order valence-electron chi connectivity index (χ1n) is 11.2. The summed E-state index contributed by atoms with van der Waals surface area (Å²) in [4.78, 5) is 16.6. The van der Waals surface area contributed by atoms with Gasteiger partial charge in [-0.05, 0) is 43.3 Å². The Hall–Kier alpha value is -2.96. The van der Waals surface area contributed by atoms with Gasteiger partial charge in [0, 0.05) is 41.1 Å². The number of nitrogens with one attached hydrogen (secondary N) is 1. The zero-order chi connectivity index (χ0) is 23.4. The van der Waals surface area contributed by atoms with E-state index in [1.54, 1.807) is 11.8 Å². The van der Waals surface area contributed by atoms with Crippen molar-refractivity contribution in [2.75, 3.05) is 31.4 Å². The van der Waals surface area contributed by atoms with E-state index in [1.165, 1.54) is 0 Å². The van der Waals surface area contributed by atoms with E-state index in [9.17, 15) is 9.90 Å². The lowest BCUT2D eigenvalue weighted by molar-refractivity contribution is -0.145. The van der Waals surface area contributed by atoms with E-state index in [0.29, 0.717) is 13.2 Å². The van der Waals surface area contributed by atoms with Crippen LogP contribution in [0.4, 0.5) is 5.69 Å². The molecule has 0 aliphatic carbocycles. The van der Waals surface area contributed by atoms with Crippen LogP contribution < -0.4 is 10.2 Å². The number of thioether (sulfide) groups is 1. The van der Waals surface area contributed by atoms with Crippen LogP contribution in [0.25, 0.3) is 11.1 Å². The molecule has 1 aliphatic rings. The molecule has 2 unspecified atom stereocenters. The van der Waals surface area contributed by atoms with Crippen LogP contribution in [-0.2, 0) is 16.1 Å². The SMILES string of the molecule is CCOC(=O)C1c2c(cc(-c3ccccc3)c(O)c2CNC)N(C)C1CSc1ccccc1. The van der Waals surface area contributed by atoms with E-state index < -0.39 is 5.92 Å². The number of anilines is 1. The molecule has 2 atom stereocenters. The summed E-state index contributed by atoms with van der Waals surface area (Å²) in [6.45, 7) is 2.61. The summed E-state index contributed by atoms with van der Waals surface area (Å²) in [5.41, 5.74) is 4.30. The highest BCUT2D eigenvalue weighted by Crippen LogP contribution is 2.50. The van der Waals surface area contributed by atoms with Crippen molar-refractivity contribution in [1.82, 2.24) is 5.32 Å². The minimum absolute atomic E-state index is 0.0923. The van der Waals surface area contributed by atoms with Crippen molar-refractivity contribution in [2.24, 2.45) is 0 Å². The molecule has 6 heteroatoms. The predicted octanol–water partition coefficient (Wildman–Crippen LogP) is 5.04. The number of benzene rings is 3. The molecule has 0 fully saturated rings. The molecule has 0 aromatic heterocycles. The predicted molar refractivity (Wildman–Crippen MR) is 135 cm³/mol. The number of rotatable bonds is 8. The summed E-state index contributed by atoms with van der Waals surface area (Å²) in [5, 5.41) is 14.5. The fourth-order valence-electron chi connectivity index (χ4n) is 4.57. The van der Waals surface area contributed by atoms with Crippen molar-refractivity contribution in [1.29, 1.82) is 0 Å². The second-order valence-corrected chi connectivity index (χ2v) is 9.21. The van der Waals surface area contributed by atoms with E-state index in [4.69, 9.17) is 4.74 Å². The number of hydrogen-bond donors (Lipinski definition) is 2. The first kappa shape index (κ1) is 23.2. The number of phenolic OH excluding ortho intramolecular Hbond substituents is 1. The van der Waals surface area contributed by atoms with Crippen LogP contribution in [0.3, 0.4) is 0 Å². The van der Waals surface area contributed by atoms with Crippen LogP contribution in [0.1, 0.15) is 24.0 Å². The monoisotopic (exact) mass is 462 g/mol. The van der Waals surface area contributed by atoms with Crippen LogP contribution in [0.15, 0.2) is 71.6 Å². The molecule has 0 radical (unpaired) electrons. The molecule has 0 amide bonds. The fourth-order valence-corrected chi connectivity index (χ4v) is 5.70.